The van der Waals surface area contributed by atoms with Crippen molar-refractivity contribution in [1.29, 1.82) is 0 Å². The predicted molar refractivity (Wildman–Crippen MR) is 108 cm³/mol. The Morgan fingerprint density at radius 3 is 2.31 bits per heavy atom. The molecule has 0 radical (unpaired) electrons. The standard InChI is InChI=1S/C22H26N2O5/c1-27-18-7-5-4-6-15(18)8-10-23-21(25)22(26)24-11-9-16-12-19(28-2)20(29-3)13-17(16)14-24/h4-7,12-13H,8-11,14H2,1-3H3,(H,23,25). The first-order valence-electron chi connectivity index (χ1n) is 9.50. The van der Waals surface area contributed by atoms with Crippen LogP contribution in [0.15, 0.2) is 36.4 Å². The zero-order chi connectivity index (χ0) is 20.8. The molecule has 3 rings (SSSR count). The molecule has 0 unspecified atom stereocenters. The Kier molecular flexibility index (Phi) is 6.59. The summed E-state index contributed by atoms with van der Waals surface area (Å²) in [5.74, 6) is 0.932. The minimum absolute atomic E-state index is 0.362. The van der Waals surface area contributed by atoms with Crippen molar-refractivity contribution >= 4 is 11.8 Å². The molecular formula is C22H26N2O5. The Morgan fingerprint density at radius 2 is 1.62 bits per heavy atom. The molecule has 7 heteroatoms. The zero-order valence-electron chi connectivity index (χ0n) is 17.0. The summed E-state index contributed by atoms with van der Waals surface area (Å²) in [7, 11) is 4.78. The molecule has 1 aliphatic heterocycles. The van der Waals surface area contributed by atoms with E-state index >= 15 is 0 Å². The third-order valence-corrected chi connectivity index (χ3v) is 5.07. The van der Waals surface area contributed by atoms with Gasteiger partial charge in [-0.05, 0) is 47.7 Å². The summed E-state index contributed by atoms with van der Waals surface area (Å²) in [6, 6.07) is 11.4. The smallest absolute Gasteiger partial charge is 0.312 e. The van der Waals surface area contributed by atoms with Crippen LogP contribution in [0.4, 0.5) is 0 Å². The van der Waals surface area contributed by atoms with Crippen molar-refractivity contribution in [3.05, 3.63) is 53.1 Å². The van der Waals surface area contributed by atoms with E-state index in [1.807, 2.05) is 36.4 Å². The number of ether oxygens (including phenoxy) is 3. The van der Waals surface area contributed by atoms with Crippen molar-refractivity contribution in [2.75, 3.05) is 34.4 Å². The van der Waals surface area contributed by atoms with Crippen LogP contribution in [0.3, 0.4) is 0 Å². The van der Waals surface area contributed by atoms with Gasteiger partial charge in [0.1, 0.15) is 5.75 Å². The molecule has 0 fully saturated rings. The minimum atomic E-state index is -0.594. The third-order valence-electron chi connectivity index (χ3n) is 5.07. The lowest BCUT2D eigenvalue weighted by molar-refractivity contribution is -0.146. The quantitative estimate of drug-likeness (QED) is 0.753. The summed E-state index contributed by atoms with van der Waals surface area (Å²) in [6.45, 7) is 1.22. The molecule has 0 aliphatic carbocycles. The van der Waals surface area contributed by atoms with Gasteiger partial charge in [0, 0.05) is 19.6 Å². The maximum atomic E-state index is 12.6. The molecular weight excluding hydrogens is 372 g/mol. The van der Waals surface area contributed by atoms with Crippen LogP contribution in [0.25, 0.3) is 0 Å². The van der Waals surface area contributed by atoms with Crippen molar-refractivity contribution in [2.45, 2.75) is 19.4 Å². The molecule has 154 valence electrons. The summed E-state index contributed by atoms with van der Waals surface area (Å²) >= 11 is 0. The van der Waals surface area contributed by atoms with Crippen molar-refractivity contribution in [3.63, 3.8) is 0 Å². The Hall–Kier alpha value is -3.22. The average Bonchev–Trinajstić information content (AvgIpc) is 2.77. The molecule has 1 aliphatic rings. The first-order chi connectivity index (χ1) is 14.1. The lowest BCUT2D eigenvalue weighted by Gasteiger charge is -2.29. The van der Waals surface area contributed by atoms with Gasteiger partial charge in [-0.25, -0.2) is 0 Å². The Morgan fingerprint density at radius 1 is 0.966 bits per heavy atom. The number of para-hydroxylation sites is 1. The molecule has 1 N–H and O–H groups in total. The number of hydrogen-bond acceptors (Lipinski definition) is 5. The van der Waals surface area contributed by atoms with Gasteiger partial charge in [0.25, 0.3) is 0 Å². The number of amides is 2. The molecule has 1 heterocycles. The van der Waals surface area contributed by atoms with E-state index in [2.05, 4.69) is 5.32 Å². The fourth-order valence-electron chi connectivity index (χ4n) is 3.50. The van der Waals surface area contributed by atoms with Gasteiger partial charge in [-0.1, -0.05) is 18.2 Å². The van der Waals surface area contributed by atoms with Crippen LogP contribution in [0.2, 0.25) is 0 Å². The SMILES string of the molecule is COc1ccccc1CCNC(=O)C(=O)N1CCc2cc(OC)c(OC)cc2C1. The first-order valence-corrected chi connectivity index (χ1v) is 9.50. The highest BCUT2D eigenvalue weighted by Gasteiger charge is 2.26. The van der Waals surface area contributed by atoms with Crippen LogP contribution >= 0.6 is 0 Å². The van der Waals surface area contributed by atoms with E-state index in [0.29, 0.717) is 44.0 Å². The maximum Gasteiger partial charge on any atom is 0.312 e. The van der Waals surface area contributed by atoms with Crippen LogP contribution in [-0.2, 0) is 29.0 Å². The van der Waals surface area contributed by atoms with Crippen molar-refractivity contribution in [1.82, 2.24) is 10.2 Å². The molecule has 0 saturated carbocycles. The van der Waals surface area contributed by atoms with Gasteiger partial charge in [0.05, 0.1) is 21.3 Å². The zero-order valence-corrected chi connectivity index (χ0v) is 17.0. The van der Waals surface area contributed by atoms with E-state index in [-0.39, 0.29) is 0 Å². The van der Waals surface area contributed by atoms with E-state index < -0.39 is 11.8 Å². The normalized spacial score (nSPS) is 12.7. The number of hydrogen-bond donors (Lipinski definition) is 1. The highest BCUT2D eigenvalue weighted by molar-refractivity contribution is 6.35. The van der Waals surface area contributed by atoms with Crippen LogP contribution in [0.5, 0.6) is 17.2 Å². The number of fused-ring (bicyclic) bond motifs is 1. The maximum absolute atomic E-state index is 12.6. The van der Waals surface area contributed by atoms with Gasteiger partial charge in [0.15, 0.2) is 11.5 Å². The third kappa shape index (κ3) is 4.62. The van der Waals surface area contributed by atoms with E-state index in [1.165, 1.54) is 0 Å². The fourth-order valence-corrected chi connectivity index (χ4v) is 3.50. The second kappa shape index (κ2) is 9.32. The Balaban J connectivity index is 1.59. The number of benzene rings is 2. The topological polar surface area (TPSA) is 77.1 Å². The first kappa shape index (κ1) is 20.5. The summed E-state index contributed by atoms with van der Waals surface area (Å²) in [5.41, 5.74) is 3.04. The number of nitrogens with zero attached hydrogens (tertiary/aromatic N) is 1. The van der Waals surface area contributed by atoms with Crippen molar-refractivity contribution in [3.8, 4) is 17.2 Å². The van der Waals surface area contributed by atoms with Gasteiger partial charge in [-0.3, -0.25) is 9.59 Å². The fraction of sp³-hybridized carbons (Fsp3) is 0.364. The van der Waals surface area contributed by atoms with E-state index in [4.69, 9.17) is 14.2 Å². The summed E-state index contributed by atoms with van der Waals surface area (Å²) in [4.78, 5) is 26.5. The van der Waals surface area contributed by atoms with Crippen LogP contribution in [0.1, 0.15) is 16.7 Å². The second-order valence-corrected chi connectivity index (χ2v) is 6.77. The highest BCUT2D eigenvalue weighted by atomic mass is 16.5. The predicted octanol–water partition coefficient (Wildman–Crippen LogP) is 1.96. The van der Waals surface area contributed by atoms with Gasteiger partial charge >= 0.3 is 11.8 Å². The molecule has 0 bridgehead atoms. The largest absolute Gasteiger partial charge is 0.496 e. The molecule has 29 heavy (non-hydrogen) atoms. The molecule has 0 aromatic heterocycles. The number of rotatable bonds is 6. The Labute approximate surface area is 170 Å². The van der Waals surface area contributed by atoms with Gasteiger partial charge < -0.3 is 24.4 Å². The van der Waals surface area contributed by atoms with Gasteiger partial charge in [-0.15, -0.1) is 0 Å². The number of nitrogens with one attached hydrogen (secondary N) is 1. The van der Waals surface area contributed by atoms with E-state index in [1.54, 1.807) is 26.2 Å². The summed E-state index contributed by atoms with van der Waals surface area (Å²) in [5, 5.41) is 2.71. The second-order valence-electron chi connectivity index (χ2n) is 6.77. The minimum Gasteiger partial charge on any atom is -0.496 e. The molecule has 0 saturated heterocycles. The summed E-state index contributed by atoms with van der Waals surface area (Å²) < 4.78 is 16.0. The number of carbonyl (C=O) groups excluding carboxylic acids is 2. The molecule has 0 spiro atoms. The molecule has 7 nitrogen and oxygen atoms in total. The summed E-state index contributed by atoms with van der Waals surface area (Å²) in [6.07, 6.45) is 1.25. The highest BCUT2D eigenvalue weighted by Crippen LogP contribution is 2.33. The van der Waals surface area contributed by atoms with Crippen molar-refractivity contribution < 1.29 is 23.8 Å². The Bertz CT molecular complexity index is 897. The molecule has 0 atom stereocenters. The molecule has 2 aromatic rings. The van der Waals surface area contributed by atoms with Crippen molar-refractivity contribution in [2.24, 2.45) is 0 Å². The van der Waals surface area contributed by atoms with E-state index in [0.717, 1.165) is 22.4 Å². The van der Waals surface area contributed by atoms with Crippen LogP contribution < -0.4 is 19.5 Å². The van der Waals surface area contributed by atoms with Gasteiger partial charge in [0.2, 0.25) is 0 Å². The number of methoxy groups -OCH3 is 3. The molecule has 2 aromatic carbocycles. The number of carbonyl (C=O) groups is 2. The van der Waals surface area contributed by atoms with Crippen LogP contribution in [-0.4, -0.2) is 51.1 Å². The molecule has 2 amide bonds. The lowest BCUT2D eigenvalue weighted by Crippen LogP contribution is -2.45. The monoisotopic (exact) mass is 398 g/mol. The van der Waals surface area contributed by atoms with E-state index in [9.17, 15) is 9.59 Å². The average molecular weight is 398 g/mol. The van der Waals surface area contributed by atoms with Crippen LogP contribution in [0, 0.1) is 0 Å². The lowest BCUT2D eigenvalue weighted by atomic mass is 9.98. The van der Waals surface area contributed by atoms with Gasteiger partial charge in [-0.2, -0.15) is 0 Å².